The third-order valence-corrected chi connectivity index (χ3v) is 12.1. The number of hydrogen-bond acceptors (Lipinski definition) is 1. The quantitative estimate of drug-likeness (QED) is 0.277. The lowest BCUT2D eigenvalue weighted by molar-refractivity contribution is -0.0369. The predicted octanol–water partition coefficient (Wildman–Crippen LogP) is 9.27. The van der Waals surface area contributed by atoms with Gasteiger partial charge in [0.15, 0.2) is 8.32 Å². The summed E-state index contributed by atoms with van der Waals surface area (Å²) in [6.07, 6.45) is 19.4. The van der Waals surface area contributed by atoms with E-state index in [4.69, 9.17) is 4.43 Å². The molecule has 0 aromatic rings. The van der Waals surface area contributed by atoms with Crippen LogP contribution >= 0.6 is 0 Å². The summed E-state index contributed by atoms with van der Waals surface area (Å²) < 4.78 is 6.60. The van der Waals surface area contributed by atoms with Crippen LogP contribution in [0.3, 0.4) is 0 Å². The zero-order chi connectivity index (χ0) is 24.2. The second-order valence-corrected chi connectivity index (χ2v) is 18.9. The van der Waals surface area contributed by atoms with Gasteiger partial charge in [0.1, 0.15) is 0 Å². The fraction of sp³-hybridized carbons (Fsp3) is 0.871. The molecule has 3 saturated carbocycles. The van der Waals surface area contributed by atoms with Crippen LogP contribution in [-0.2, 0) is 4.43 Å². The van der Waals surface area contributed by atoms with Gasteiger partial charge in [0.25, 0.3) is 0 Å². The van der Waals surface area contributed by atoms with E-state index in [0.717, 1.165) is 29.6 Å². The molecule has 0 aromatic heterocycles. The summed E-state index contributed by atoms with van der Waals surface area (Å²) in [4.78, 5) is 0. The third-order valence-electron chi connectivity index (χ3n) is 11.0. The van der Waals surface area contributed by atoms with Crippen LogP contribution in [-0.4, -0.2) is 14.4 Å². The van der Waals surface area contributed by atoms with Crippen LogP contribution in [0, 0.1) is 52.3 Å². The molecule has 0 heterocycles. The molecule has 0 amide bonds. The Morgan fingerprint density at radius 2 is 1.58 bits per heavy atom. The summed E-state index contributed by atoms with van der Waals surface area (Å²) in [7, 11) is -1.45. The van der Waals surface area contributed by atoms with Crippen molar-refractivity contribution < 1.29 is 4.43 Å². The molecule has 0 spiro atoms. The van der Waals surface area contributed by atoms with Crippen LogP contribution in [0.5, 0.6) is 0 Å². The summed E-state index contributed by atoms with van der Waals surface area (Å²) in [5, 5.41) is 0. The van der Waals surface area contributed by atoms with E-state index in [-0.39, 0.29) is 0 Å². The zero-order valence-corrected chi connectivity index (χ0v) is 24.4. The number of rotatable bonds is 6. The lowest BCUT2D eigenvalue weighted by Gasteiger charge is -2.58. The molecule has 4 rings (SSSR count). The Hall–Kier alpha value is -0.343. The van der Waals surface area contributed by atoms with Crippen molar-refractivity contribution in [2.45, 2.75) is 119 Å². The van der Waals surface area contributed by atoms with Gasteiger partial charge < -0.3 is 4.43 Å². The summed E-state index contributed by atoms with van der Waals surface area (Å²) in [6.45, 7) is 22.0. The molecule has 9 atom stereocenters. The maximum absolute atomic E-state index is 6.60. The zero-order valence-electron chi connectivity index (χ0n) is 23.4. The normalized spacial score (nSPS) is 43.1. The molecule has 0 aromatic carbocycles. The smallest absolute Gasteiger partial charge is 0.184 e. The van der Waals surface area contributed by atoms with Gasteiger partial charge >= 0.3 is 0 Å². The van der Waals surface area contributed by atoms with Crippen LogP contribution in [0.4, 0.5) is 0 Å². The molecule has 0 bridgehead atoms. The van der Waals surface area contributed by atoms with Crippen molar-refractivity contribution in [3.8, 4) is 0 Å². The van der Waals surface area contributed by atoms with E-state index >= 15 is 0 Å². The Morgan fingerprint density at radius 3 is 2.24 bits per heavy atom. The number of hydrogen-bond donors (Lipinski definition) is 0. The standard InChI is InChI=1S/C31H54OSi/c1-21(2)22(3)10-11-23(4)27-14-15-28-26-13-12-24-20-25(32-33(7,8)9)16-18-30(24,5)29(26)17-19-31(27,28)6/h10-11,13,21-25,27-29H,12,14-20H2,1-9H3. The molecule has 2 heteroatoms. The van der Waals surface area contributed by atoms with Gasteiger partial charge in [0.2, 0.25) is 0 Å². The van der Waals surface area contributed by atoms with Crippen molar-refractivity contribution in [2.75, 3.05) is 0 Å². The first kappa shape index (κ1) is 25.7. The van der Waals surface area contributed by atoms with Crippen molar-refractivity contribution in [2.24, 2.45) is 52.3 Å². The molecule has 0 radical (unpaired) electrons. The van der Waals surface area contributed by atoms with Crippen molar-refractivity contribution in [3.63, 3.8) is 0 Å². The fourth-order valence-electron chi connectivity index (χ4n) is 8.69. The number of fused-ring (bicyclic) bond motifs is 5. The Morgan fingerprint density at radius 1 is 0.909 bits per heavy atom. The first-order valence-corrected chi connectivity index (χ1v) is 17.8. The van der Waals surface area contributed by atoms with Crippen LogP contribution < -0.4 is 0 Å². The molecule has 33 heavy (non-hydrogen) atoms. The molecule has 3 fully saturated rings. The van der Waals surface area contributed by atoms with E-state index in [1.165, 1.54) is 51.4 Å². The summed E-state index contributed by atoms with van der Waals surface area (Å²) in [5.74, 6) is 5.50. The van der Waals surface area contributed by atoms with E-state index in [1.807, 2.05) is 5.57 Å². The van der Waals surface area contributed by atoms with Crippen molar-refractivity contribution >= 4 is 8.32 Å². The Labute approximate surface area is 207 Å². The fourth-order valence-corrected chi connectivity index (χ4v) is 9.91. The van der Waals surface area contributed by atoms with E-state index in [1.54, 1.807) is 0 Å². The van der Waals surface area contributed by atoms with Gasteiger partial charge in [0, 0.05) is 6.10 Å². The topological polar surface area (TPSA) is 9.23 Å². The molecule has 1 nitrogen and oxygen atoms in total. The lowest BCUT2D eigenvalue weighted by Crippen LogP contribution is -2.50. The van der Waals surface area contributed by atoms with Crippen LogP contribution in [0.25, 0.3) is 0 Å². The first-order chi connectivity index (χ1) is 15.3. The van der Waals surface area contributed by atoms with E-state index in [2.05, 4.69) is 79.4 Å². The minimum absolute atomic E-state index is 0.508. The van der Waals surface area contributed by atoms with Crippen LogP contribution in [0.15, 0.2) is 23.8 Å². The lowest BCUT2D eigenvalue weighted by atomic mass is 9.47. The van der Waals surface area contributed by atoms with Gasteiger partial charge in [-0.1, -0.05) is 65.3 Å². The molecular weight excluding hydrogens is 416 g/mol. The van der Waals surface area contributed by atoms with Gasteiger partial charge in [-0.2, -0.15) is 0 Å². The molecule has 4 aliphatic carbocycles. The average molecular weight is 471 g/mol. The third kappa shape index (κ3) is 4.86. The summed E-state index contributed by atoms with van der Waals surface area (Å²) in [5.41, 5.74) is 2.93. The van der Waals surface area contributed by atoms with Gasteiger partial charge in [-0.15, -0.1) is 0 Å². The monoisotopic (exact) mass is 470 g/mol. The minimum Gasteiger partial charge on any atom is -0.415 e. The highest BCUT2D eigenvalue weighted by Gasteiger charge is 2.58. The van der Waals surface area contributed by atoms with Gasteiger partial charge in [-0.05, 0) is 123 Å². The van der Waals surface area contributed by atoms with Crippen LogP contribution in [0.2, 0.25) is 19.6 Å². The Bertz CT molecular complexity index is 759. The molecule has 188 valence electrons. The predicted molar refractivity (Wildman–Crippen MR) is 146 cm³/mol. The first-order valence-electron chi connectivity index (χ1n) is 14.4. The SMILES string of the molecule is CC(C)C(C)C=CC(C)C1CCC2C3=CCC4CC(O[Si](C)(C)C)CCC4(C)C3CCC21C. The molecule has 4 aliphatic rings. The molecular formula is C31H54OSi. The van der Waals surface area contributed by atoms with Crippen molar-refractivity contribution in [3.05, 3.63) is 23.8 Å². The van der Waals surface area contributed by atoms with Crippen molar-refractivity contribution in [1.82, 2.24) is 0 Å². The molecule has 0 N–H and O–H groups in total. The maximum Gasteiger partial charge on any atom is 0.184 e. The number of allylic oxidation sites excluding steroid dienone is 4. The second kappa shape index (κ2) is 9.27. The van der Waals surface area contributed by atoms with E-state index in [9.17, 15) is 0 Å². The molecule has 0 saturated heterocycles. The highest BCUT2D eigenvalue weighted by molar-refractivity contribution is 6.69. The van der Waals surface area contributed by atoms with E-state index in [0.29, 0.717) is 28.8 Å². The van der Waals surface area contributed by atoms with Gasteiger partial charge in [-0.3, -0.25) is 0 Å². The summed E-state index contributed by atoms with van der Waals surface area (Å²) >= 11 is 0. The molecule has 0 aliphatic heterocycles. The van der Waals surface area contributed by atoms with Gasteiger partial charge in [-0.25, -0.2) is 0 Å². The second-order valence-electron chi connectivity index (χ2n) is 14.4. The minimum atomic E-state index is -1.45. The van der Waals surface area contributed by atoms with Gasteiger partial charge in [0.05, 0.1) is 0 Å². The largest absolute Gasteiger partial charge is 0.415 e. The maximum atomic E-state index is 6.60. The Balaban J connectivity index is 1.50. The van der Waals surface area contributed by atoms with Crippen molar-refractivity contribution in [1.29, 1.82) is 0 Å². The van der Waals surface area contributed by atoms with E-state index < -0.39 is 8.32 Å². The highest BCUT2D eigenvalue weighted by atomic mass is 28.4. The summed E-state index contributed by atoms with van der Waals surface area (Å²) in [6, 6.07) is 0. The average Bonchev–Trinajstić information content (AvgIpc) is 3.08. The molecule has 9 unspecified atom stereocenters. The Kier molecular flexibility index (Phi) is 7.23. The van der Waals surface area contributed by atoms with Crippen LogP contribution in [0.1, 0.15) is 92.9 Å². The highest BCUT2D eigenvalue weighted by Crippen LogP contribution is 2.67.